The molecular weight excluding hydrogens is 244 g/mol. The van der Waals surface area contributed by atoms with Crippen LogP contribution in [0.25, 0.3) is 0 Å². The fourth-order valence-corrected chi connectivity index (χ4v) is 1.17. The molecule has 0 atom stereocenters. The normalized spacial score (nSPS) is 9.67. The Morgan fingerprint density at radius 3 is 2.33 bits per heavy atom. The maximum Gasteiger partial charge on any atom is 0.0352 e. The van der Waals surface area contributed by atoms with Crippen molar-refractivity contribution < 1.29 is 0 Å². The molecule has 0 aliphatic carbocycles. The Balaban J connectivity index is 3.25. The van der Waals surface area contributed by atoms with Gasteiger partial charge >= 0.3 is 0 Å². The van der Waals surface area contributed by atoms with Gasteiger partial charge in [0.2, 0.25) is 0 Å². The zero-order valence-corrected chi connectivity index (χ0v) is 7.74. The van der Waals surface area contributed by atoms with Crippen LogP contribution in [0.2, 0.25) is 0 Å². The highest BCUT2D eigenvalue weighted by Gasteiger charge is 1.95. The summed E-state index contributed by atoms with van der Waals surface area (Å²) in [4.78, 5) is 0. The summed E-state index contributed by atoms with van der Waals surface area (Å²) in [7, 11) is 0. The molecule has 0 saturated heterocycles. The first-order chi connectivity index (χ1) is 4.22. The van der Waals surface area contributed by atoms with Crippen LogP contribution in [0.3, 0.4) is 0 Å². The Morgan fingerprint density at radius 2 is 1.89 bits per heavy atom. The van der Waals surface area contributed by atoms with Gasteiger partial charge in [-0.1, -0.05) is 12.1 Å². The third kappa shape index (κ3) is 1.55. The van der Waals surface area contributed by atoms with Crippen LogP contribution in [-0.2, 0) is 0 Å². The van der Waals surface area contributed by atoms with E-state index in [1.807, 2.05) is 18.2 Å². The lowest BCUT2D eigenvalue weighted by atomic mass is 10.2. The molecular formula is C7H4Br2. The summed E-state index contributed by atoms with van der Waals surface area (Å²) >= 11 is 6.63. The quantitative estimate of drug-likeness (QED) is 0.660. The largest absolute Gasteiger partial charge is 0.0608 e. The van der Waals surface area contributed by atoms with Crippen LogP contribution in [0.1, 0.15) is 5.56 Å². The minimum absolute atomic E-state index is 0.754. The smallest absolute Gasteiger partial charge is 0.0352 e. The van der Waals surface area contributed by atoms with E-state index < -0.39 is 0 Å². The van der Waals surface area contributed by atoms with Crippen LogP contribution in [0.15, 0.2) is 27.1 Å². The van der Waals surface area contributed by atoms with Gasteiger partial charge in [0.1, 0.15) is 0 Å². The summed E-state index contributed by atoms with van der Waals surface area (Å²) < 4.78 is 1.91. The van der Waals surface area contributed by atoms with E-state index in [-0.39, 0.29) is 0 Å². The van der Waals surface area contributed by atoms with E-state index in [9.17, 15) is 0 Å². The molecule has 0 aromatic heterocycles. The lowest BCUT2D eigenvalue weighted by Crippen LogP contribution is -1.73. The van der Waals surface area contributed by atoms with Gasteiger partial charge in [-0.15, -0.1) is 0 Å². The highest BCUT2D eigenvalue weighted by atomic mass is 79.9. The summed E-state index contributed by atoms with van der Waals surface area (Å²) in [5, 5.41) is 0. The molecule has 0 bridgehead atoms. The predicted octanol–water partition coefficient (Wildman–Crippen LogP) is 3.27. The zero-order valence-electron chi connectivity index (χ0n) is 4.57. The summed E-state index contributed by atoms with van der Waals surface area (Å²) in [5.41, 5.74) is 0.754. The Morgan fingerprint density at radius 1 is 1.22 bits per heavy atom. The van der Waals surface area contributed by atoms with Gasteiger partial charge in [-0.2, -0.15) is 0 Å². The molecule has 0 aliphatic rings. The Labute approximate surface area is 71.5 Å². The molecule has 0 N–H and O–H groups in total. The van der Waals surface area contributed by atoms with Crippen LogP contribution >= 0.6 is 31.9 Å². The number of rotatable bonds is 0. The maximum absolute atomic E-state index is 5.54. The fraction of sp³-hybridized carbons (Fsp3) is 0. The minimum Gasteiger partial charge on any atom is -0.0608 e. The van der Waals surface area contributed by atoms with Crippen molar-refractivity contribution in [2.24, 2.45) is 0 Å². The Hall–Kier alpha value is 0.180. The summed E-state index contributed by atoms with van der Waals surface area (Å²) in [5.74, 6) is 0. The van der Waals surface area contributed by atoms with Crippen LogP contribution in [0, 0.1) is 6.92 Å². The molecule has 0 fully saturated rings. The minimum atomic E-state index is 0.754. The van der Waals surface area contributed by atoms with Gasteiger partial charge in [0.15, 0.2) is 0 Å². The van der Waals surface area contributed by atoms with Gasteiger partial charge in [0.05, 0.1) is 0 Å². The molecule has 0 aliphatic heterocycles. The Bertz CT molecular complexity index is 198. The van der Waals surface area contributed by atoms with E-state index >= 15 is 0 Å². The van der Waals surface area contributed by atoms with Crippen LogP contribution < -0.4 is 0 Å². The topological polar surface area (TPSA) is 0 Å². The van der Waals surface area contributed by atoms with E-state index in [1.54, 1.807) is 0 Å². The molecule has 2 radical (unpaired) electrons. The second-order valence-electron chi connectivity index (χ2n) is 1.64. The average molecular weight is 248 g/mol. The molecule has 0 spiro atoms. The lowest BCUT2D eigenvalue weighted by molar-refractivity contribution is 1.51. The van der Waals surface area contributed by atoms with Gasteiger partial charge in [0.25, 0.3) is 0 Å². The van der Waals surface area contributed by atoms with Crippen LogP contribution in [0.5, 0.6) is 0 Å². The van der Waals surface area contributed by atoms with E-state index in [1.165, 1.54) is 0 Å². The van der Waals surface area contributed by atoms with Gasteiger partial charge in [-0.3, -0.25) is 0 Å². The van der Waals surface area contributed by atoms with E-state index in [4.69, 9.17) is 6.92 Å². The SMILES string of the molecule is [CH]c1cccc(Br)c1Br. The molecule has 0 unspecified atom stereocenters. The van der Waals surface area contributed by atoms with Crippen molar-refractivity contribution in [2.75, 3.05) is 0 Å². The molecule has 0 saturated carbocycles. The number of benzene rings is 1. The van der Waals surface area contributed by atoms with Crippen molar-refractivity contribution in [3.8, 4) is 0 Å². The van der Waals surface area contributed by atoms with Crippen molar-refractivity contribution in [3.05, 3.63) is 39.6 Å². The highest BCUT2D eigenvalue weighted by molar-refractivity contribution is 9.13. The summed E-state index contributed by atoms with van der Waals surface area (Å²) in [6, 6.07) is 5.67. The van der Waals surface area contributed by atoms with E-state index in [2.05, 4.69) is 31.9 Å². The standard InChI is InChI=1S/C7H4Br2/c1-5-3-2-4-6(8)7(5)9/h1-4H. The molecule has 1 aromatic rings. The van der Waals surface area contributed by atoms with Gasteiger partial charge in [-0.25, -0.2) is 0 Å². The van der Waals surface area contributed by atoms with Crippen molar-refractivity contribution in [1.29, 1.82) is 0 Å². The molecule has 1 aromatic carbocycles. The second kappa shape index (κ2) is 2.84. The average Bonchev–Trinajstić information content (AvgIpc) is 1.83. The van der Waals surface area contributed by atoms with Crippen LogP contribution in [0.4, 0.5) is 0 Å². The van der Waals surface area contributed by atoms with Crippen molar-refractivity contribution in [1.82, 2.24) is 0 Å². The van der Waals surface area contributed by atoms with Gasteiger partial charge in [-0.05, 0) is 43.5 Å². The van der Waals surface area contributed by atoms with Gasteiger partial charge in [0, 0.05) is 15.9 Å². The summed E-state index contributed by atoms with van der Waals surface area (Å²) in [6.07, 6.45) is 0. The molecule has 0 amide bonds. The first kappa shape index (κ1) is 7.29. The van der Waals surface area contributed by atoms with Gasteiger partial charge < -0.3 is 0 Å². The van der Waals surface area contributed by atoms with Crippen molar-refractivity contribution in [2.45, 2.75) is 0 Å². The van der Waals surface area contributed by atoms with Crippen molar-refractivity contribution in [3.63, 3.8) is 0 Å². The number of halogens is 2. The maximum atomic E-state index is 5.54. The van der Waals surface area contributed by atoms with E-state index in [0.29, 0.717) is 0 Å². The highest BCUT2D eigenvalue weighted by Crippen LogP contribution is 2.25. The van der Waals surface area contributed by atoms with Crippen molar-refractivity contribution >= 4 is 31.9 Å². The predicted molar refractivity (Wildman–Crippen MR) is 45.2 cm³/mol. The zero-order chi connectivity index (χ0) is 6.85. The van der Waals surface area contributed by atoms with Crippen LogP contribution in [-0.4, -0.2) is 0 Å². The first-order valence-electron chi connectivity index (χ1n) is 2.41. The third-order valence-electron chi connectivity index (χ3n) is 0.981. The first-order valence-corrected chi connectivity index (χ1v) is 4.00. The molecule has 0 nitrogen and oxygen atoms in total. The monoisotopic (exact) mass is 246 g/mol. The molecule has 46 valence electrons. The molecule has 0 heterocycles. The van der Waals surface area contributed by atoms with E-state index in [0.717, 1.165) is 14.5 Å². The third-order valence-corrected chi connectivity index (χ3v) is 3.06. The molecule has 9 heavy (non-hydrogen) atoms. The Kier molecular flexibility index (Phi) is 2.30. The summed E-state index contributed by atoms with van der Waals surface area (Å²) in [6.45, 7) is 5.54. The molecule has 2 heteroatoms. The lowest BCUT2D eigenvalue weighted by Gasteiger charge is -1.96. The number of hydrogen-bond acceptors (Lipinski definition) is 0. The molecule has 1 rings (SSSR count). The second-order valence-corrected chi connectivity index (χ2v) is 3.29. The number of hydrogen-bond donors (Lipinski definition) is 0. The fourth-order valence-electron chi connectivity index (χ4n) is 0.520.